The van der Waals surface area contributed by atoms with Gasteiger partial charge in [0.1, 0.15) is 5.82 Å². The molecule has 1 aliphatic rings. The summed E-state index contributed by atoms with van der Waals surface area (Å²) in [4.78, 5) is 16.2. The summed E-state index contributed by atoms with van der Waals surface area (Å²) in [5.74, 6) is 1.51. The third-order valence-electron chi connectivity index (χ3n) is 6.01. The number of benzene rings is 2. The molecule has 1 aliphatic heterocycles. The Bertz CT molecular complexity index is 1190. The number of anilines is 3. The van der Waals surface area contributed by atoms with Gasteiger partial charge in [0, 0.05) is 54.7 Å². The number of hydrogen-bond acceptors (Lipinski definition) is 6. The Kier molecular flexibility index (Phi) is 5.94. The number of hydrogen-bond donors (Lipinski definition) is 2. The van der Waals surface area contributed by atoms with Crippen molar-refractivity contribution in [3.05, 3.63) is 84.2 Å². The molecule has 162 valence electrons. The molecule has 6 heteroatoms. The van der Waals surface area contributed by atoms with Crippen LogP contribution in [0.2, 0.25) is 0 Å². The van der Waals surface area contributed by atoms with Gasteiger partial charge in [-0.1, -0.05) is 36.4 Å². The van der Waals surface area contributed by atoms with Crippen LogP contribution in [0.5, 0.6) is 0 Å². The Hall–Kier alpha value is -3.51. The number of aromatic nitrogens is 3. The summed E-state index contributed by atoms with van der Waals surface area (Å²) >= 11 is 0. The summed E-state index contributed by atoms with van der Waals surface area (Å²) in [6.45, 7) is 5.26. The molecule has 5 rings (SSSR count). The number of piperidine rings is 1. The maximum absolute atomic E-state index is 4.77. The van der Waals surface area contributed by atoms with E-state index in [4.69, 9.17) is 4.98 Å². The van der Waals surface area contributed by atoms with Gasteiger partial charge in [0.2, 0.25) is 5.95 Å². The van der Waals surface area contributed by atoms with Crippen molar-refractivity contribution in [2.24, 2.45) is 0 Å². The lowest BCUT2D eigenvalue weighted by atomic mass is 10.0. The fourth-order valence-electron chi connectivity index (χ4n) is 4.20. The first kappa shape index (κ1) is 20.4. The molecule has 1 saturated heterocycles. The standard InChI is InChI=1S/C26H28N6/c1-19-17-28-26(30-23-9-10-24-21(16-23)8-5-13-27-24)31-25(19)29-22-11-14-32(15-12-22)18-20-6-3-2-4-7-20/h2-10,13,16-17,22H,11-12,14-15,18H2,1H3,(H2,28,29,30,31). The maximum atomic E-state index is 4.77. The summed E-state index contributed by atoms with van der Waals surface area (Å²) in [6.07, 6.45) is 5.90. The van der Waals surface area contributed by atoms with Crippen LogP contribution in [0.1, 0.15) is 24.0 Å². The number of likely N-dealkylation sites (tertiary alicyclic amines) is 1. The second kappa shape index (κ2) is 9.32. The van der Waals surface area contributed by atoms with E-state index in [1.807, 2.05) is 30.6 Å². The van der Waals surface area contributed by atoms with Crippen LogP contribution in [0.4, 0.5) is 17.5 Å². The predicted octanol–water partition coefficient (Wildman–Crippen LogP) is 5.15. The van der Waals surface area contributed by atoms with E-state index in [1.165, 1.54) is 5.56 Å². The van der Waals surface area contributed by atoms with E-state index in [-0.39, 0.29) is 0 Å². The van der Waals surface area contributed by atoms with E-state index in [9.17, 15) is 0 Å². The van der Waals surface area contributed by atoms with E-state index in [0.29, 0.717) is 12.0 Å². The first-order valence-electron chi connectivity index (χ1n) is 11.2. The largest absolute Gasteiger partial charge is 0.367 e. The normalized spacial score (nSPS) is 15.0. The van der Waals surface area contributed by atoms with Gasteiger partial charge >= 0.3 is 0 Å². The zero-order chi connectivity index (χ0) is 21.8. The summed E-state index contributed by atoms with van der Waals surface area (Å²) < 4.78 is 0. The van der Waals surface area contributed by atoms with Crippen LogP contribution in [0.15, 0.2) is 73.1 Å². The molecule has 0 radical (unpaired) electrons. The average molecular weight is 425 g/mol. The van der Waals surface area contributed by atoms with Crippen molar-refractivity contribution in [2.45, 2.75) is 32.4 Å². The van der Waals surface area contributed by atoms with Crippen molar-refractivity contribution in [3.63, 3.8) is 0 Å². The highest BCUT2D eigenvalue weighted by atomic mass is 15.2. The fraction of sp³-hybridized carbons (Fsp3) is 0.269. The van der Waals surface area contributed by atoms with Crippen LogP contribution in [-0.2, 0) is 6.54 Å². The summed E-state index contributed by atoms with van der Waals surface area (Å²) in [5, 5.41) is 8.09. The van der Waals surface area contributed by atoms with Gasteiger partial charge in [-0.3, -0.25) is 9.88 Å². The second-order valence-corrected chi connectivity index (χ2v) is 8.44. The summed E-state index contributed by atoms with van der Waals surface area (Å²) in [6, 6.07) is 21.2. The molecule has 3 heterocycles. The number of nitrogens with one attached hydrogen (secondary N) is 2. The van der Waals surface area contributed by atoms with Crippen molar-refractivity contribution in [1.82, 2.24) is 19.9 Å². The van der Waals surface area contributed by atoms with Crippen molar-refractivity contribution in [3.8, 4) is 0 Å². The minimum absolute atomic E-state index is 0.426. The molecule has 1 fully saturated rings. The Morgan fingerprint density at radius 3 is 2.66 bits per heavy atom. The Balaban J connectivity index is 1.21. The molecule has 2 N–H and O–H groups in total. The zero-order valence-corrected chi connectivity index (χ0v) is 18.3. The number of pyridine rings is 1. The van der Waals surface area contributed by atoms with Crippen molar-refractivity contribution in [2.75, 3.05) is 23.7 Å². The zero-order valence-electron chi connectivity index (χ0n) is 18.3. The van der Waals surface area contributed by atoms with Gasteiger partial charge < -0.3 is 10.6 Å². The lowest BCUT2D eigenvalue weighted by Crippen LogP contribution is -2.38. The number of nitrogens with zero attached hydrogens (tertiary/aromatic N) is 4. The van der Waals surface area contributed by atoms with Gasteiger partial charge in [-0.05, 0) is 49.6 Å². The number of aryl methyl sites for hydroxylation is 1. The van der Waals surface area contributed by atoms with E-state index >= 15 is 0 Å². The van der Waals surface area contributed by atoms with E-state index < -0.39 is 0 Å². The molecule has 4 aromatic rings. The van der Waals surface area contributed by atoms with Crippen molar-refractivity contribution in [1.29, 1.82) is 0 Å². The van der Waals surface area contributed by atoms with E-state index in [0.717, 1.165) is 60.4 Å². The first-order valence-corrected chi connectivity index (χ1v) is 11.2. The van der Waals surface area contributed by atoms with Crippen LogP contribution >= 0.6 is 0 Å². The Morgan fingerprint density at radius 2 is 1.81 bits per heavy atom. The lowest BCUT2D eigenvalue weighted by molar-refractivity contribution is 0.211. The lowest BCUT2D eigenvalue weighted by Gasteiger charge is -2.32. The van der Waals surface area contributed by atoms with E-state index in [2.05, 4.69) is 74.9 Å². The van der Waals surface area contributed by atoms with Gasteiger partial charge in [0.25, 0.3) is 0 Å². The smallest absolute Gasteiger partial charge is 0.229 e. The summed E-state index contributed by atoms with van der Waals surface area (Å²) in [5.41, 5.74) is 4.37. The monoisotopic (exact) mass is 424 g/mol. The fourth-order valence-corrected chi connectivity index (χ4v) is 4.20. The molecule has 0 bridgehead atoms. The molecule has 0 spiro atoms. The molecule has 6 nitrogen and oxygen atoms in total. The highest BCUT2D eigenvalue weighted by Gasteiger charge is 2.20. The molecule has 0 saturated carbocycles. The highest BCUT2D eigenvalue weighted by Crippen LogP contribution is 2.23. The molecule has 2 aromatic carbocycles. The quantitative estimate of drug-likeness (QED) is 0.446. The van der Waals surface area contributed by atoms with Crippen LogP contribution in [-0.4, -0.2) is 39.0 Å². The number of fused-ring (bicyclic) bond motifs is 1. The topological polar surface area (TPSA) is 66.0 Å². The molecule has 2 aromatic heterocycles. The number of rotatable bonds is 6. The van der Waals surface area contributed by atoms with Crippen LogP contribution in [0.25, 0.3) is 10.9 Å². The van der Waals surface area contributed by atoms with Gasteiger partial charge in [-0.15, -0.1) is 0 Å². The minimum Gasteiger partial charge on any atom is -0.367 e. The third kappa shape index (κ3) is 4.86. The Morgan fingerprint density at radius 1 is 0.969 bits per heavy atom. The highest BCUT2D eigenvalue weighted by molar-refractivity contribution is 5.82. The predicted molar refractivity (Wildman–Crippen MR) is 130 cm³/mol. The molecule has 0 atom stereocenters. The first-order chi connectivity index (χ1) is 15.7. The minimum atomic E-state index is 0.426. The van der Waals surface area contributed by atoms with Crippen LogP contribution in [0.3, 0.4) is 0 Å². The van der Waals surface area contributed by atoms with Gasteiger partial charge in [-0.25, -0.2) is 4.98 Å². The molecule has 32 heavy (non-hydrogen) atoms. The molecule has 0 unspecified atom stereocenters. The summed E-state index contributed by atoms with van der Waals surface area (Å²) in [7, 11) is 0. The Labute approximate surface area is 188 Å². The second-order valence-electron chi connectivity index (χ2n) is 8.44. The van der Waals surface area contributed by atoms with Crippen molar-refractivity contribution >= 4 is 28.4 Å². The van der Waals surface area contributed by atoms with Crippen LogP contribution < -0.4 is 10.6 Å². The van der Waals surface area contributed by atoms with Gasteiger partial charge in [0.15, 0.2) is 0 Å². The van der Waals surface area contributed by atoms with E-state index in [1.54, 1.807) is 0 Å². The van der Waals surface area contributed by atoms with Gasteiger partial charge in [0.05, 0.1) is 5.52 Å². The molecular weight excluding hydrogens is 396 g/mol. The van der Waals surface area contributed by atoms with Crippen LogP contribution in [0, 0.1) is 6.92 Å². The molecule has 0 aliphatic carbocycles. The molecular formula is C26H28N6. The van der Waals surface area contributed by atoms with Gasteiger partial charge in [-0.2, -0.15) is 4.98 Å². The average Bonchev–Trinajstić information content (AvgIpc) is 2.83. The maximum Gasteiger partial charge on any atom is 0.229 e. The van der Waals surface area contributed by atoms with Crippen molar-refractivity contribution < 1.29 is 0 Å². The third-order valence-corrected chi connectivity index (χ3v) is 6.01. The molecule has 0 amide bonds. The SMILES string of the molecule is Cc1cnc(Nc2ccc3ncccc3c2)nc1NC1CCN(Cc2ccccc2)CC1.